The van der Waals surface area contributed by atoms with Crippen LogP contribution >= 0.6 is 0 Å². The van der Waals surface area contributed by atoms with Crippen molar-refractivity contribution in [1.82, 2.24) is 9.97 Å². The Morgan fingerprint density at radius 3 is 2.83 bits per heavy atom. The minimum absolute atomic E-state index is 0.441. The second-order valence-corrected chi connectivity index (χ2v) is 5.28. The molecule has 1 aromatic carbocycles. The highest BCUT2D eigenvalue weighted by atomic mass is 16.3. The number of benzene rings is 1. The molecule has 0 unspecified atom stereocenters. The first-order valence-electron chi connectivity index (χ1n) is 7.12. The van der Waals surface area contributed by atoms with E-state index in [0.29, 0.717) is 5.56 Å². The van der Waals surface area contributed by atoms with Crippen LogP contribution in [0.2, 0.25) is 0 Å². The number of primary amides is 1. The monoisotopic (exact) mass is 303 g/mol. The van der Waals surface area contributed by atoms with Crippen LogP contribution in [0.4, 0.5) is 0 Å². The normalized spacial score (nSPS) is 11.0. The van der Waals surface area contributed by atoms with Gasteiger partial charge in [-0.3, -0.25) is 4.79 Å². The van der Waals surface area contributed by atoms with Crippen molar-refractivity contribution >= 4 is 16.9 Å². The first-order valence-corrected chi connectivity index (χ1v) is 7.12. The Morgan fingerprint density at radius 1 is 1.13 bits per heavy atom. The Balaban J connectivity index is 1.89. The zero-order chi connectivity index (χ0) is 15.8. The summed E-state index contributed by atoms with van der Waals surface area (Å²) in [4.78, 5) is 19.0. The second kappa shape index (κ2) is 5.14. The summed E-state index contributed by atoms with van der Waals surface area (Å²) in [5.41, 5.74) is 10.5. The lowest BCUT2D eigenvalue weighted by Crippen LogP contribution is -2.10. The fourth-order valence-electron chi connectivity index (χ4n) is 2.67. The van der Waals surface area contributed by atoms with Gasteiger partial charge in [-0.25, -0.2) is 4.98 Å². The van der Waals surface area contributed by atoms with Crippen LogP contribution in [-0.2, 0) is 0 Å². The summed E-state index contributed by atoms with van der Waals surface area (Å²) in [5, 5.41) is 0.977. The maximum absolute atomic E-state index is 11.4. The summed E-state index contributed by atoms with van der Waals surface area (Å²) >= 11 is 0. The minimum Gasteiger partial charge on any atom is -0.472 e. The SMILES string of the molecule is NC(=O)c1cccc(-c2c[nH]c3ncc(-c4ccoc4)cc23)c1. The maximum atomic E-state index is 11.4. The summed E-state index contributed by atoms with van der Waals surface area (Å²) in [6, 6.07) is 11.2. The lowest BCUT2D eigenvalue weighted by atomic mass is 10.0. The van der Waals surface area contributed by atoms with Gasteiger partial charge in [-0.15, -0.1) is 0 Å². The van der Waals surface area contributed by atoms with Crippen molar-refractivity contribution in [1.29, 1.82) is 0 Å². The third-order valence-corrected chi connectivity index (χ3v) is 3.84. The number of hydrogen-bond donors (Lipinski definition) is 2. The van der Waals surface area contributed by atoms with Crippen molar-refractivity contribution < 1.29 is 9.21 Å². The van der Waals surface area contributed by atoms with Gasteiger partial charge in [-0.05, 0) is 29.8 Å². The van der Waals surface area contributed by atoms with Crippen LogP contribution in [0.15, 0.2) is 65.7 Å². The zero-order valence-corrected chi connectivity index (χ0v) is 12.1. The number of amides is 1. The van der Waals surface area contributed by atoms with E-state index in [9.17, 15) is 4.79 Å². The molecule has 23 heavy (non-hydrogen) atoms. The molecule has 0 saturated heterocycles. The Bertz CT molecular complexity index is 1000. The van der Waals surface area contributed by atoms with Gasteiger partial charge in [0.15, 0.2) is 0 Å². The van der Waals surface area contributed by atoms with Crippen LogP contribution in [0.1, 0.15) is 10.4 Å². The second-order valence-electron chi connectivity index (χ2n) is 5.28. The number of hydrogen-bond acceptors (Lipinski definition) is 3. The van der Waals surface area contributed by atoms with Gasteiger partial charge in [0, 0.05) is 40.0 Å². The minimum atomic E-state index is -0.441. The molecule has 0 spiro atoms. The van der Waals surface area contributed by atoms with Crippen molar-refractivity contribution in [3.05, 3.63) is 66.9 Å². The summed E-state index contributed by atoms with van der Waals surface area (Å²) in [6.45, 7) is 0. The van der Waals surface area contributed by atoms with Crippen LogP contribution in [0, 0.1) is 0 Å². The van der Waals surface area contributed by atoms with E-state index in [1.54, 1.807) is 30.9 Å². The smallest absolute Gasteiger partial charge is 0.248 e. The van der Waals surface area contributed by atoms with Crippen LogP contribution < -0.4 is 5.73 Å². The lowest BCUT2D eigenvalue weighted by Gasteiger charge is -2.03. The molecule has 1 amide bonds. The topological polar surface area (TPSA) is 84.9 Å². The molecule has 0 aliphatic carbocycles. The van der Waals surface area contributed by atoms with Crippen molar-refractivity contribution in [2.45, 2.75) is 0 Å². The molecule has 4 rings (SSSR count). The average molecular weight is 303 g/mol. The average Bonchev–Trinajstić information content (AvgIpc) is 3.24. The first-order chi connectivity index (χ1) is 11.2. The van der Waals surface area contributed by atoms with E-state index in [0.717, 1.165) is 33.3 Å². The van der Waals surface area contributed by atoms with Crippen LogP contribution in [0.25, 0.3) is 33.3 Å². The number of aromatic amines is 1. The summed E-state index contributed by atoms with van der Waals surface area (Å²) in [5.74, 6) is -0.441. The van der Waals surface area contributed by atoms with Gasteiger partial charge in [0.1, 0.15) is 5.65 Å². The van der Waals surface area contributed by atoms with Gasteiger partial charge >= 0.3 is 0 Å². The van der Waals surface area contributed by atoms with Crippen molar-refractivity contribution in [3.8, 4) is 22.3 Å². The summed E-state index contributed by atoms with van der Waals surface area (Å²) in [7, 11) is 0. The third kappa shape index (κ3) is 2.28. The Kier molecular flexibility index (Phi) is 2.98. The van der Waals surface area contributed by atoms with Gasteiger partial charge in [0.2, 0.25) is 5.91 Å². The molecule has 3 N–H and O–H groups in total. The highest BCUT2D eigenvalue weighted by molar-refractivity contribution is 5.98. The van der Waals surface area contributed by atoms with Crippen molar-refractivity contribution in [3.63, 3.8) is 0 Å². The molecular formula is C18H13N3O2. The lowest BCUT2D eigenvalue weighted by molar-refractivity contribution is 0.100. The number of nitrogens with zero attached hydrogens (tertiary/aromatic N) is 1. The fourth-order valence-corrected chi connectivity index (χ4v) is 2.67. The largest absolute Gasteiger partial charge is 0.472 e. The number of pyridine rings is 1. The highest BCUT2D eigenvalue weighted by Crippen LogP contribution is 2.31. The predicted octanol–water partition coefficient (Wildman–Crippen LogP) is 3.59. The number of nitrogens with one attached hydrogen (secondary N) is 1. The number of carbonyl (C=O) groups excluding carboxylic acids is 1. The summed E-state index contributed by atoms with van der Waals surface area (Å²) in [6.07, 6.45) is 7.00. The number of rotatable bonds is 3. The number of carbonyl (C=O) groups is 1. The van der Waals surface area contributed by atoms with Crippen molar-refractivity contribution in [2.75, 3.05) is 0 Å². The number of furan rings is 1. The van der Waals surface area contributed by atoms with E-state index in [1.807, 2.05) is 24.4 Å². The van der Waals surface area contributed by atoms with Crippen LogP contribution in [0.3, 0.4) is 0 Å². The predicted molar refractivity (Wildman–Crippen MR) is 87.7 cm³/mol. The number of fused-ring (bicyclic) bond motifs is 1. The van der Waals surface area contributed by atoms with E-state index in [2.05, 4.69) is 16.0 Å². The molecule has 0 atom stereocenters. The van der Waals surface area contributed by atoms with E-state index in [1.165, 1.54) is 0 Å². The van der Waals surface area contributed by atoms with Gasteiger partial charge in [-0.1, -0.05) is 12.1 Å². The zero-order valence-electron chi connectivity index (χ0n) is 12.1. The number of aromatic nitrogens is 2. The first kappa shape index (κ1) is 13.3. The Hall–Kier alpha value is -3.34. The van der Waals surface area contributed by atoms with E-state index < -0.39 is 5.91 Å². The molecule has 112 valence electrons. The Labute approximate surface area is 131 Å². The molecular weight excluding hydrogens is 290 g/mol. The molecule has 3 heterocycles. The number of H-pyrrole nitrogens is 1. The molecule has 5 heteroatoms. The van der Waals surface area contributed by atoms with Gasteiger partial charge in [0.25, 0.3) is 0 Å². The van der Waals surface area contributed by atoms with Gasteiger partial charge in [0.05, 0.1) is 12.5 Å². The molecule has 0 fully saturated rings. The fraction of sp³-hybridized carbons (Fsp3) is 0. The molecule has 0 saturated carbocycles. The highest BCUT2D eigenvalue weighted by Gasteiger charge is 2.11. The molecule has 0 aliphatic heterocycles. The van der Waals surface area contributed by atoms with E-state index in [4.69, 9.17) is 10.2 Å². The molecule has 0 radical (unpaired) electrons. The van der Waals surface area contributed by atoms with E-state index >= 15 is 0 Å². The molecule has 4 aromatic rings. The van der Waals surface area contributed by atoms with Crippen molar-refractivity contribution in [2.24, 2.45) is 5.73 Å². The van der Waals surface area contributed by atoms with Crippen LogP contribution in [0.5, 0.6) is 0 Å². The molecule has 0 aliphatic rings. The standard InChI is InChI=1S/C18H13N3O2/c19-17(22)12-3-1-2-11(6-12)16-9-21-18-15(16)7-14(8-20-18)13-4-5-23-10-13/h1-10H,(H2,19,22)(H,20,21). The molecule has 3 aromatic heterocycles. The molecule has 0 bridgehead atoms. The Morgan fingerprint density at radius 2 is 2.04 bits per heavy atom. The van der Waals surface area contributed by atoms with Gasteiger partial charge < -0.3 is 15.1 Å². The van der Waals surface area contributed by atoms with Crippen LogP contribution in [-0.4, -0.2) is 15.9 Å². The molecule has 5 nitrogen and oxygen atoms in total. The van der Waals surface area contributed by atoms with Gasteiger partial charge in [-0.2, -0.15) is 0 Å². The quantitative estimate of drug-likeness (QED) is 0.606. The maximum Gasteiger partial charge on any atom is 0.248 e. The third-order valence-electron chi connectivity index (χ3n) is 3.84. The number of nitrogens with two attached hydrogens (primary N) is 1. The van der Waals surface area contributed by atoms with E-state index in [-0.39, 0.29) is 0 Å². The summed E-state index contributed by atoms with van der Waals surface area (Å²) < 4.78 is 5.13.